The molecule has 1 atom stereocenters. The van der Waals surface area contributed by atoms with Gasteiger partial charge in [0.25, 0.3) is 5.91 Å². The van der Waals surface area contributed by atoms with Crippen LogP contribution in [0.1, 0.15) is 46.9 Å². The largest absolute Gasteiger partial charge is 0.321 e. The molecule has 2 heterocycles. The Morgan fingerprint density at radius 1 is 1.22 bits per heavy atom. The van der Waals surface area contributed by atoms with Crippen LogP contribution in [0.3, 0.4) is 0 Å². The molecule has 1 aliphatic carbocycles. The summed E-state index contributed by atoms with van der Waals surface area (Å²) < 4.78 is 1.92. The Morgan fingerprint density at radius 3 is 3.00 bits per heavy atom. The number of hydrogen-bond donors (Lipinski definition) is 2. The molecule has 0 radical (unpaired) electrons. The molecule has 5 nitrogen and oxygen atoms in total. The quantitative estimate of drug-likeness (QED) is 0.916. The maximum Gasteiger partial charge on any atom is 0.276 e. The normalized spacial score (nSPS) is 20.3. The third-order valence-corrected chi connectivity index (χ3v) is 4.84. The molecule has 0 spiro atoms. The number of fused-ring (bicyclic) bond motifs is 1. The van der Waals surface area contributed by atoms with E-state index in [1.807, 2.05) is 16.9 Å². The molecule has 1 fully saturated rings. The molecule has 1 amide bonds. The minimum absolute atomic E-state index is 0.134. The first-order valence-electron chi connectivity index (χ1n) is 8.48. The SMILES string of the molecule is O=C(Nc1ccc2c(c1)CCC2)c1ccn(C2CCCNC2)n1. The van der Waals surface area contributed by atoms with E-state index in [9.17, 15) is 4.79 Å². The minimum atomic E-state index is -0.134. The fourth-order valence-electron chi connectivity index (χ4n) is 3.57. The van der Waals surface area contributed by atoms with Crippen molar-refractivity contribution in [3.05, 3.63) is 47.3 Å². The van der Waals surface area contributed by atoms with Gasteiger partial charge in [-0.2, -0.15) is 5.10 Å². The summed E-state index contributed by atoms with van der Waals surface area (Å²) >= 11 is 0. The number of aromatic nitrogens is 2. The predicted molar refractivity (Wildman–Crippen MR) is 89.8 cm³/mol. The Hall–Kier alpha value is -2.14. The van der Waals surface area contributed by atoms with Crippen molar-refractivity contribution in [2.45, 2.75) is 38.1 Å². The van der Waals surface area contributed by atoms with Crippen LogP contribution in [0.25, 0.3) is 0 Å². The molecule has 5 heteroatoms. The lowest BCUT2D eigenvalue weighted by Gasteiger charge is -2.22. The van der Waals surface area contributed by atoms with Crippen LogP contribution >= 0.6 is 0 Å². The molecule has 2 aliphatic rings. The van der Waals surface area contributed by atoms with Crippen molar-refractivity contribution in [3.63, 3.8) is 0 Å². The van der Waals surface area contributed by atoms with E-state index >= 15 is 0 Å². The molecular weight excluding hydrogens is 288 g/mol. The van der Waals surface area contributed by atoms with E-state index in [1.54, 1.807) is 6.07 Å². The van der Waals surface area contributed by atoms with E-state index in [2.05, 4.69) is 27.9 Å². The summed E-state index contributed by atoms with van der Waals surface area (Å²) in [5.41, 5.74) is 4.12. The molecule has 1 aromatic carbocycles. The number of carbonyl (C=O) groups is 1. The Balaban J connectivity index is 1.45. The molecule has 1 aromatic heterocycles. The second kappa shape index (κ2) is 6.16. The Bertz CT molecular complexity index is 716. The van der Waals surface area contributed by atoms with Crippen LogP contribution in [-0.2, 0) is 12.8 Å². The molecule has 0 bridgehead atoms. The van der Waals surface area contributed by atoms with E-state index in [1.165, 1.54) is 17.5 Å². The maximum atomic E-state index is 12.4. The van der Waals surface area contributed by atoms with E-state index in [4.69, 9.17) is 0 Å². The zero-order valence-corrected chi connectivity index (χ0v) is 13.2. The van der Waals surface area contributed by atoms with Crippen molar-refractivity contribution in [3.8, 4) is 0 Å². The zero-order chi connectivity index (χ0) is 15.6. The molecular formula is C18H22N4O. The number of aryl methyl sites for hydroxylation is 2. The summed E-state index contributed by atoms with van der Waals surface area (Å²) in [5.74, 6) is -0.134. The molecule has 1 saturated heterocycles. The van der Waals surface area contributed by atoms with Gasteiger partial charge in [0.2, 0.25) is 0 Å². The Kier molecular flexibility index (Phi) is 3.87. The summed E-state index contributed by atoms with van der Waals surface area (Å²) in [7, 11) is 0. The van der Waals surface area contributed by atoms with Crippen LogP contribution in [0.2, 0.25) is 0 Å². The number of piperidine rings is 1. The number of carbonyl (C=O) groups excluding carboxylic acids is 1. The van der Waals surface area contributed by atoms with E-state index in [-0.39, 0.29) is 5.91 Å². The molecule has 120 valence electrons. The second-order valence-corrected chi connectivity index (χ2v) is 6.47. The van der Waals surface area contributed by atoms with Crippen molar-refractivity contribution in [2.24, 2.45) is 0 Å². The highest BCUT2D eigenvalue weighted by Gasteiger charge is 2.18. The smallest absolute Gasteiger partial charge is 0.276 e. The highest BCUT2D eigenvalue weighted by Crippen LogP contribution is 2.25. The van der Waals surface area contributed by atoms with E-state index < -0.39 is 0 Å². The topological polar surface area (TPSA) is 59.0 Å². The molecule has 0 saturated carbocycles. The average molecular weight is 310 g/mol. The molecule has 2 N–H and O–H groups in total. The number of anilines is 1. The third-order valence-electron chi connectivity index (χ3n) is 4.84. The van der Waals surface area contributed by atoms with Gasteiger partial charge in [-0.15, -0.1) is 0 Å². The monoisotopic (exact) mass is 310 g/mol. The lowest BCUT2D eigenvalue weighted by atomic mass is 10.1. The zero-order valence-electron chi connectivity index (χ0n) is 13.2. The van der Waals surface area contributed by atoms with Crippen LogP contribution in [0, 0.1) is 0 Å². The van der Waals surface area contributed by atoms with Crippen molar-refractivity contribution in [1.29, 1.82) is 0 Å². The van der Waals surface area contributed by atoms with Gasteiger partial charge in [-0.05, 0) is 68.0 Å². The summed E-state index contributed by atoms with van der Waals surface area (Å²) in [6.07, 6.45) is 7.66. The first-order valence-corrected chi connectivity index (χ1v) is 8.48. The summed E-state index contributed by atoms with van der Waals surface area (Å²) in [6.45, 7) is 2.00. The van der Waals surface area contributed by atoms with Gasteiger partial charge in [0.1, 0.15) is 0 Å². The highest BCUT2D eigenvalue weighted by molar-refractivity contribution is 6.02. The molecule has 1 aliphatic heterocycles. The fraction of sp³-hybridized carbons (Fsp3) is 0.444. The van der Waals surface area contributed by atoms with Gasteiger partial charge in [-0.3, -0.25) is 9.48 Å². The first-order chi connectivity index (χ1) is 11.3. The fourth-order valence-corrected chi connectivity index (χ4v) is 3.57. The molecule has 2 aromatic rings. The van der Waals surface area contributed by atoms with Crippen molar-refractivity contribution in [1.82, 2.24) is 15.1 Å². The highest BCUT2D eigenvalue weighted by atomic mass is 16.1. The summed E-state index contributed by atoms with van der Waals surface area (Å²) in [4.78, 5) is 12.4. The van der Waals surface area contributed by atoms with Gasteiger partial charge in [-0.25, -0.2) is 0 Å². The van der Waals surface area contributed by atoms with Crippen LogP contribution in [0.15, 0.2) is 30.5 Å². The standard InChI is InChI=1S/C18H22N4O/c23-18(20-15-7-6-13-3-1-4-14(13)11-15)17-8-10-22(21-17)16-5-2-9-19-12-16/h6-8,10-11,16,19H,1-5,9,12H2,(H,20,23). The van der Waals surface area contributed by atoms with Gasteiger partial charge in [-0.1, -0.05) is 6.07 Å². The molecule has 1 unspecified atom stereocenters. The maximum absolute atomic E-state index is 12.4. The Labute approximate surface area is 136 Å². The van der Waals surface area contributed by atoms with Gasteiger partial charge in [0.15, 0.2) is 5.69 Å². The first kappa shape index (κ1) is 14.5. The molecule has 23 heavy (non-hydrogen) atoms. The lowest BCUT2D eigenvalue weighted by Crippen LogP contribution is -2.32. The van der Waals surface area contributed by atoms with Gasteiger partial charge in [0, 0.05) is 18.4 Å². The number of benzene rings is 1. The van der Waals surface area contributed by atoms with Crippen LogP contribution in [-0.4, -0.2) is 28.8 Å². The summed E-state index contributed by atoms with van der Waals surface area (Å²) in [6, 6.07) is 8.37. The van der Waals surface area contributed by atoms with Gasteiger partial charge in [0.05, 0.1) is 6.04 Å². The van der Waals surface area contributed by atoms with Crippen LogP contribution in [0.4, 0.5) is 5.69 Å². The molecule has 4 rings (SSSR count). The summed E-state index contributed by atoms with van der Waals surface area (Å²) in [5, 5.41) is 10.8. The van der Waals surface area contributed by atoms with Gasteiger partial charge >= 0.3 is 0 Å². The van der Waals surface area contributed by atoms with Crippen molar-refractivity contribution < 1.29 is 4.79 Å². The lowest BCUT2D eigenvalue weighted by molar-refractivity contribution is 0.102. The van der Waals surface area contributed by atoms with Crippen LogP contribution < -0.4 is 10.6 Å². The third kappa shape index (κ3) is 3.01. The number of nitrogens with one attached hydrogen (secondary N) is 2. The van der Waals surface area contributed by atoms with Gasteiger partial charge < -0.3 is 10.6 Å². The number of rotatable bonds is 3. The predicted octanol–water partition coefficient (Wildman–Crippen LogP) is 2.55. The second-order valence-electron chi connectivity index (χ2n) is 6.47. The number of nitrogens with zero attached hydrogens (tertiary/aromatic N) is 2. The average Bonchev–Trinajstić information content (AvgIpc) is 3.24. The van der Waals surface area contributed by atoms with E-state index in [0.717, 1.165) is 44.5 Å². The number of hydrogen-bond acceptors (Lipinski definition) is 3. The Morgan fingerprint density at radius 2 is 2.13 bits per heavy atom. The number of amides is 1. The van der Waals surface area contributed by atoms with Crippen LogP contribution in [0.5, 0.6) is 0 Å². The van der Waals surface area contributed by atoms with E-state index in [0.29, 0.717) is 11.7 Å². The van der Waals surface area contributed by atoms with Crippen molar-refractivity contribution >= 4 is 11.6 Å². The van der Waals surface area contributed by atoms with Crippen molar-refractivity contribution in [2.75, 3.05) is 18.4 Å². The minimum Gasteiger partial charge on any atom is -0.321 e.